The zero-order valence-corrected chi connectivity index (χ0v) is 8.64. The van der Waals surface area contributed by atoms with E-state index in [-0.39, 0.29) is 0 Å². The Bertz CT molecular complexity index is 278. The molecule has 72 valence electrons. The number of halogens is 1. The van der Waals surface area contributed by atoms with Gasteiger partial charge in [0, 0.05) is 37.1 Å². The lowest BCUT2D eigenvalue weighted by atomic mass is 10.3. The first-order valence-corrected chi connectivity index (χ1v) is 4.79. The van der Waals surface area contributed by atoms with Gasteiger partial charge in [-0.1, -0.05) is 18.2 Å². The smallest absolute Gasteiger partial charge is 0.0310 e. The second kappa shape index (κ2) is 5.10. The second-order valence-electron chi connectivity index (χ2n) is 2.97. The first kappa shape index (κ1) is 10.4. The summed E-state index contributed by atoms with van der Waals surface area (Å²) in [5.41, 5.74) is 1.28. The highest BCUT2D eigenvalue weighted by atomic mass is 35.5. The maximum Gasteiger partial charge on any atom is 0.0310 e. The van der Waals surface area contributed by atoms with Crippen molar-refractivity contribution in [1.82, 2.24) is 9.88 Å². The predicted octanol–water partition coefficient (Wildman–Crippen LogP) is 2.35. The Balaban J connectivity index is 2.32. The highest BCUT2D eigenvalue weighted by Gasteiger charge is 1.95. The van der Waals surface area contributed by atoms with Gasteiger partial charge in [0.25, 0.3) is 0 Å². The van der Waals surface area contributed by atoms with E-state index >= 15 is 0 Å². The SMILES string of the molecule is C=C(Cl)CNCc1ccn(CC)c1. The Morgan fingerprint density at radius 3 is 3.00 bits per heavy atom. The van der Waals surface area contributed by atoms with Gasteiger partial charge in [0.1, 0.15) is 0 Å². The summed E-state index contributed by atoms with van der Waals surface area (Å²) in [5, 5.41) is 3.84. The lowest BCUT2D eigenvalue weighted by molar-refractivity contribution is 0.736. The molecular formula is C10H15ClN2. The first-order valence-electron chi connectivity index (χ1n) is 4.41. The minimum absolute atomic E-state index is 0.648. The van der Waals surface area contributed by atoms with E-state index in [1.54, 1.807) is 0 Å². The Hall–Kier alpha value is -0.730. The molecule has 13 heavy (non-hydrogen) atoms. The Morgan fingerprint density at radius 2 is 2.46 bits per heavy atom. The van der Waals surface area contributed by atoms with E-state index in [2.05, 4.69) is 41.8 Å². The average Bonchev–Trinajstić information content (AvgIpc) is 2.52. The van der Waals surface area contributed by atoms with Crippen LogP contribution in [0.1, 0.15) is 12.5 Å². The largest absolute Gasteiger partial charge is 0.354 e. The van der Waals surface area contributed by atoms with Gasteiger partial charge in [0.05, 0.1) is 0 Å². The van der Waals surface area contributed by atoms with Crippen LogP contribution in [-0.2, 0) is 13.1 Å². The van der Waals surface area contributed by atoms with Gasteiger partial charge in [0.2, 0.25) is 0 Å². The highest BCUT2D eigenvalue weighted by Crippen LogP contribution is 2.01. The molecule has 0 aliphatic heterocycles. The van der Waals surface area contributed by atoms with Crippen LogP contribution in [0.5, 0.6) is 0 Å². The Kier molecular flexibility index (Phi) is 4.06. The molecule has 1 aromatic rings. The van der Waals surface area contributed by atoms with E-state index in [9.17, 15) is 0 Å². The first-order chi connectivity index (χ1) is 6.22. The summed E-state index contributed by atoms with van der Waals surface area (Å²) in [5.74, 6) is 0. The zero-order chi connectivity index (χ0) is 9.68. The number of nitrogens with zero attached hydrogens (tertiary/aromatic N) is 1. The van der Waals surface area contributed by atoms with Gasteiger partial charge in [0.15, 0.2) is 0 Å². The monoisotopic (exact) mass is 198 g/mol. The number of nitrogens with one attached hydrogen (secondary N) is 1. The van der Waals surface area contributed by atoms with Crippen molar-refractivity contribution in [3.05, 3.63) is 35.6 Å². The lowest BCUT2D eigenvalue weighted by Crippen LogP contribution is -2.13. The molecule has 0 aliphatic carbocycles. The van der Waals surface area contributed by atoms with Crippen molar-refractivity contribution in [2.24, 2.45) is 0 Å². The number of hydrogen-bond donors (Lipinski definition) is 1. The number of hydrogen-bond acceptors (Lipinski definition) is 1. The van der Waals surface area contributed by atoms with Crippen LogP contribution in [-0.4, -0.2) is 11.1 Å². The predicted molar refractivity (Wildman–Crippen MR) is 56.8 cm³/mol. The summed E-state index contributed by atoms with van der Waals surface area (Å²) in [6.45, 7) is 8.26. The van der Waals surface area contributed by atoms with Gasteiger partial charge in [-0.2, -0.15) is 0 Å². The molecule has 0 amide bonds. The van der Waals surface area contributed by atoms with Crippen LogP contribution in [0.2, 0.25) is 0 Å². The summed E-state index contributed by atoms with van der Waals surface area (Å²) in [6.07, 6.45) is 4.20. The highest BCUT2D eigenvalue weighted by molar-refractivity contribution is 6.29. The van der Waals surface area contributed by atoms with Crippen LogP contribution < -0.4 is 5.32 Å². The van der Waals surface area contributed by atoms with Crippen molar-refractivity contribution in [3.63, 3.8) is 0 Å². The van der Waals surface area contributed by atoms with Crippen molar-refractivity contribution in [2.45, 2.75) is 20.0 Å². The molecule has 3 heteroatoms. The molecule has 0 radical (unpaired) electrons. The molecule has 1 rings (SSSR count). The van der Waals surface area contributed by atoms with Crippen LogP contribution >= 0.6 is 11.6 Å². The van der Waals surface area contributed by atoms with E-state index < -0.39 is 0 Å². The molecule has 1 N–H and O–H groups in total. The van der Waals surface area contributed by atoms with Gasteiger partial charge in [-0.05, 0) is 18.6 Å². The van der Waals surface area contributed by atoms with E-state index in [1.165, 1.54) is 5.56 Å². The quantitative estimate of drug-likeness (QED) is 0.769. The fourth-order valence-corrected chi connectivity index (χ4v) is 1.23. The van der Waals surface area contributed by atoms with E-state index in [0.717, 1.165) is 13.1 Å². The summed E-state index contributed by atoms with van der Waals surface area (Å²) in [6, 6.07) is 2.10. The van der Waals surface area contributed by atoms with Crippen LogP contribution in [0.3, 0.4) is 0 Å². The Labute approximate surface area is 84.2 Å². The van der Waals surface area contributed by atoms with E-state index in [4.69, 9.17) is 11.6 Å². The minimum atomic E-state index is 0.648. The van der Waals surface area contributed by atoms with Crippen molar-refractivity contribution in [1.29, 1.82) is 0 Å². The molecule has 0 fully saturated rings. The van der Waals surface area contributed by atoms with Crippen molar-refractivity contribution in [3.8, 4) is 0 Å². The van der Waals surface area contributed by atoms with Crippen molar-refractivity contribution < 1.29 is 0 Å². The summed E-state index contributed by atoms with van der Waals surface area (Å²) >= 11 is 5.61. The van der Waals surface area contributed by atoms with Crippen LogP contribution in [0.25, 0.3) is 0 Å². The van der Waals surface area contributed by atoms with Crippen LogP contribution in [0.15, 0.2) is 30.1 Å². The van der Waals surface area contributed by atoms with Crippen LogP contribution in [0, 0.1) is 0 Å². The third-order valence-corrected chi connectivity index (χ3v) is 1.96. The summed E-state index contributed by atoms with van der Waals surface area (Å²) in [4.78, 5) is 0. The van der Waals surface area contributed by atoms with E-state index in [1.807, 2.05) is 0 Å². The number of rotatable bonds is 5. The normalized spacial score (nSPS) is 10.3. The van der Waals surface area contributed by atoms with Gasteiger partial charge >= 0.3 is 0 Å². The molecule has 0 aromatic carbocycles. The topological polar surface area (TPSA) is 17.0 Å². The zero-order valence-electron chi connectivity index (χ0n) is 7.89. The molecule has 0 atom stereocenters. The van der Waals surface area contributed by atoms with Crippen LogP contribution in [0.4, 0.5) is 0 Å². The molecule has 0 spiro atoms. The standard InChI is InChI=1S/C10H15ClN2/c1-3-13-5-4-10(8-13)7-12-6-9(2)11/h4-5,8,12H,2-3,6-7H2,1H3. The maximum absolute atomic E-state index is 5.61. The molecule has 0 unspecified atom stereocenters. The molecule has 0 saturated carbocycles. The van der Waals surface area contributed by atoms with Gasteiger partial charge in [-0.25, -0.2) is 0 Å². The van der Waals surface area contributed by atoms with E-state index in [0.29, 0.717) is 11.6 Å². The molecule has 2 nitrogen and oxygen atoms in total. The second-order valence-corrected chi connectivity index (χ2v) is 3.51. The molecule has 0 bridgehead atoms. The Morgan fingerprint density at radius 1 is 1.69 bits per heavy atom. The molecule has 1 heterocycles. The average molecular weight is 199 g/mol. The van der Waals surface area contributed by atoms with Crippen molar-refractivity contribution >= 4 is 11.6 Å². The number of aromatic nitrogens is 1. The summed E-state index contributed by atoms with van der Waals surface area (Å²) < 4.78 is 2.15. The minimum Gasteiger partial charge on any atom is -0.354 e. The van der Waals surface area contributed by atoms with Gasteiger partial charge < -0.3 is 9.88 Å². The van der Waals surface area contributed by atoms with Crippen molar-refractivity contribution in [2.75, 3.05) is 6.54 Å². The lowest BCUT2D eigenvalue weighted by Gasteiger charge is -2.00. The molecular weight excluding hydrogens is 184 g/mol. The van der Waals surface area contributed by atoms with Gasteiger partial charge in [-0.3, -0.25) is 0 Å². The fourth-order valence-electron chi connectivity index (χ4n) is 1.13. The third kappa shape index (κ3) is 3.66. The third-order valence-electron chi connectivity index (χ3n) is 1.82. The molecule has 0 aliphatic rings. The molecule has 1 aromatic heterocycles. The number of aryl methyl sites for hydroxylation is 1. The maximum atomic E-state index is 5.61. The summed E-state index contributed by atoms with van der Waals surface area (Å²) in [7, 11) is 0. The fraction of sp³-hybridized carbons (Fsp3) is 0.400. The molecule has 0 saturated heterocycles. The van der Waals surface area contributed by atoms with Gasteiger partial charge in [-0.15, -0.1) is 0 Å².